The summed E-state index contributed by atoms with van der Waals surface area (Å²) in [6, 6.07) is 0. The molecule has 1 aliphatic rings. The van der Waals surface area contributed by atoms with Gasteiger partial charge < -0.3 is 0 Å². The molecule has 0 unspecified atom stereocenters. The molecular weight excluding hydrogens is 124 g/mol. The fourth-order valence-electron chi connectivity index (χ4n) is 0.694. The number of nitroso groups, excluding NO2 is 2. The second kappa shape index (κ2) is 2.38. The quantitative estimate of drug-likeness (QED) is 0.490. The fourth-order valence-corrected chi connectivity index (χ4v) is 0.694. The van der Waals surface area contributed by atoms with Crippen LogP contribution in [-0.2, 0) is 0 Å². The highest BCUT2D eigenvalue weighted by Gasteiger charge is 2.17. The molecule has 0 atom stereocenters. The third kappa shape index (κ3) is 1.13. The molecule has 0 aromatic rings. The summed E-state index contributed by atoms with van der Waals surface area (Å²) in [4.78, 5) is 19.5. The molecule has 50 valence electrons. The molecule has 0 radical (unpaired) electrons. The van der Waals surface area contributed by atoms with E-state index in [4.69, 9.17) is 0 Å². The predicted octanol–water partition coefficient (Wildman–Crippen LogP) is -0.0757. The van der Waals surface area contributed by atoms with Gasteiger partial charge in [0, 0.05) is 0 Å². The Morgan fingerprint density at radius 2 is 1.44 bits per heavy atom. The van der Waals surface area contributed by atoms with Gasteiger partial charge in [-0.05, 0) is 0 Å². The summed E-state index contributed by atoms with van der Waals surface area (Å²) in [6.07, 6.45) is 0. The zero-order chi connectivity index (χ0) is 6.69. The minimum atomic E-state index is 0.229. The number of rotatable bonds is 2. The van der Waals surface area contributed by atoms with Crippen molar-refractivity contribution in [1.29, 1.82) is 0 Å². The van der Waals surface area contributed by atoms with Crippen molar-refractivity contribution >= 4 is 0 Å². The van der Waals surface area contributed by atoms with Crippen molar-refractivity contribution in [2.24, 2.45) is 10.6 Å². The first-order valence-corrected chi connectivity index (χ1v) is 2.53. The lowest BCUT2D eigenvalue weighted by atomic mass is 10.7. The first-order chi connectivity index (χ1) is 4.36. The van der Waals surface area contributed by atoms with E-state index in [1.165, 1.54) is 10.0 Å². The summed E-state index contributed by atoms with van der Waals surface area (Å²) in [5.41, 5.74) is 0. The topological polar surface area (TPSA) is 65.3 Å². The Morgan fingerprint density at radius 1 is 1.00 bits per heavy atom. The summed E-state index contributed by atoms with van der Waals surface area (Å²) in [5, 5.41) is 7.73. The molecule has 0 spiro atoms. The highest BCUT2D eigenvalue weighted by molar-refractivity contribution is 4.62. The minimum absolute atomic E-state index is 0.229. The number of hydrogen-bond donors (Lipinski definition) is 0. The first kappa shape index (κ1) is 5.93. The largest absolute Gasteiger partial charge is 0.238 e. The van der Waals surface area contributed by atoms with E-state index < -0.39 is 0 Å². The van der Waals surface area contributed by atoms with Crippen LogP contribution in [0.15, 0.2) is 10.6 Å². The number of nitrogens with zero attached hydrogens (tertiary/aromatic N) is 4. The first-order valence-electron chi connectivity index (χ1n) is 2.53. The van der Waals surface area contributed by atoms with E-state index in [-0.39, 0.29) is 6.67 Å². The molecule has 0 saturated carbocycles. The Bertz CT molecular complexity index is 113. The van der Waals surface area contributed by atoms with Gasteiger partial charge in [0.05, 0.1) is 23.7 Å². The van der Waals surface area contributed by atoms with Gasteiger partial charge in [-0.25, -0.2) is 10.0 Å². The lowest BCUT2D eigenvalue weighted by Gasteiger charge is -2.03. The van der Waals surface area contributed by atoms with Crippen LogP contribution < -0.4 is 0 Å². The Morgan fingerprint density at radius 3 is 1.67 bits per heavy atom. The van der Waals surface area contributed by atoms with Crippen LogP contribution in [0.2, 0.25) is 0 Å². The second-order valence-corrected chi connectivity index (χ2v) is 1.76. The van der Waals surface area contributed by atoms with Gasteiger partial charge in [-0.3, -0.25) is 0 Å². The summed E-state index contributed by atoms with van der Waals surface area (Å²) in [6.45, 7) is 1.22. The maximum absolute atomic E-state index is 9.77. The van der Waals surface area contributed by atoms with Gasteiger partial charge in [0.25, 0.3) is 0 Å². The molecule has 0 N–H and O–H groups in total. The lowest BCUT2D eigenvalue weighted by Crippen LogP contribution is -2.15. The smallest absolute Gasteiger partial charge is 0.129 e. The van der Waals surface area contributed by atoms with E-state index in [9.17, 15) is 9.81 Å². The van der Waals surface area contributed by atoms with Crippen molar-refractivity contribution in [2.75, 3.05) is 19.8 Å². The van der Waals surface area contributed by atoms with E-state index in [1.54, 1.807) is 0 Å². The summed E-state index contributed by atoms with van der Waals surface area (Å²) < 4.78 is 0. The molecule has 0 aromatic carbocycles. The normalized spacial score (nSPS) is 18.2. The molecule has 1 heterocycles. The van der Waals surface area contributed by atoms with Crippen LogP contribution in [0.4, 0.5) is 0 Å². The maximum Gasteiger partial charge on any atom is 0.129 e. The van der Waals surface area contributed by atoms with Gasteiger partial charge in [0.1, 0.15) is 6.67 Å². The van der Waals surface area contributed by atoms with Crippen molar-refractivity contribution in [2.45, 2.75) is 0 Å². The van der Waals surface area contributed by atoms with Crippen LogP contribution >= 0.6 is 0 Å². The molecule has 1 saturated heterocycles. The van der Waals surface area contributed by atoms with Gasteiger partial charge in [-0.1, -0.05) is 0 Å². The summed E-state index contributed by atoms with van der Waals surface area (Å²) >= 11 is 0. The van der Waals surface area contributed by atoms with E-state index in [2.05, 4.69) is 10.6 Å². The van der Waals surface area contributed by atoms with Crippen LogP contribution in [-0.4, -0.2) is 29.8 Å². The van der Waals surface area contributed by atoms with E-state index in [0.29, 0.717) is 13.1 Å². The molecule has 1 fully saturated rings. The van der Waals surface area contributed by atoms with Gasteiger partial charge in [-0.15, -0.1) is 9.81 Å². The van der Waals surface area contributed by atoms with Crippen molar-refractivity contribution in [3.05, 3.63) is 9.81 Å². The van der Waals surface area contributed by atoms with Crippen LogP contribution in [0.1, 0.15) is 0 Å². The minimum Gasteiger partial charge on any atom is -0.238 e. The van der Waals surface area contributed by atoms with E-state index >= 15 is 0 Å². The number of hydrogen-bond acceptors (Lipinski definition) is 4. The Balaban J connectivity index is 2.36. The van der Waals surface area contributed by atoms with Gasteiger partial charge >= 0.3 is 0 Å². The zero-order valence-corrected chi connectivity index (χ0v) is 4.73. The van der Waals surface area contributed by atoms with Crippen LogP contribution in [0.25, 0.3) is 0 Å². The highest BCUT2D eigenvalue weighted by atomic mass is 16.3. The SMILES string of the molecule is O=NN1CCN(N=O)C1. The molecule has 0 aliphatic carbocycles. The van der Waals surface area contributed by atoms with Gasteiger partial charge in [-0.2, -0.15) is 0 Å². The monoisotopic (exact) mass is 130 g/mol. The van der Waals surface area contributed by atoms with Crippen molar-refractivity contribution in [1.82, 2.24) is 10.0 Å². The molecule has 0 bridgehead atoms. The molecular formula is C3H6N4O2. The Hall–Kier alpha value is -1.20. The average molecular weight is 130 g/mol. The van der Waals surface area contributed by atoms with Crippen LogP contribution in [0.3, 0.4) is 0 Å². The van der Waals surface area contributed by atoms with Crippen LogP contribution in [0, 0.1) is 9.81 Å². The molecule has 1 rings (SSSR count). The predicted molar refractivity (Wildman–Crippen MR) is 29.9 cm³/mol. The summed E-state index contributed by atoms with van der Waals surface area (Å²) in [5.74, 6) is 0. The standard InChI is InChI=1S/C3H6N4O2/c8-4-6-1-2-7(3-6)5-9/h1-3H2. The molecule has 0 aromatic heterocycles. The summed E-state index contributed by atoms with van der Waals surface area (Å²) in [7, 11) is 0. The average Bonchev–Trinajstić information content (AvgIpc) is 2.34. The molecule has 6 nitrogen and oxygen atoms in total. The van der Waals surface area contributed by atoms with Gasteiger partial charge in [0.2, 0.25) is 0 Å². The van der Waals surface area contributed by atoms with Crippen molar-refractivity contribution < 1.29 is 0 Å². The third-order valence-corrected chi connectivity index (χ3v) is 1.17. The molecule has 9 heavy (non-hydrogen) atoms. The molecule has 1 aliphatic heterocycles. The Labute approximate surface area is 51.3 Å². The highest BCUT2D eigenvalue weighted by Crippen LogP contribution is 2.03. The van der Waals surface area contributed by atoms with E-state index in [1.807, 2.05) is 0 Å². The van der Waals surface area contributed by atoms with Gasteiger partial charge in [0.15, 0.2) is 0 Å². The Kier molecular flexibility index (Phi) is 1.57. The van der Waals surface area contributed by atoms with E-state index in [0.717, 1.165) is 0 Å². The van der Waals surface area contributed by atoms with Crippen molar-refractivity contribution in [3.8, 4) is 0 Å². The second-order valence-electron chi connectivity index (χ2n) is 1.76. The third-order valence-electron chi connectivity index (χ3n) is 1.17. The van der Waals surface area contributed by atoms with Crippen molar-refractivity contribution in [3.63, 3.8) is 0 Å². The molecule has 6 heteroatoms. The lowest BCUT2D eigenvalue weighted by molar-refractivity contribution is 0.256. The zero-order valence-electron chi connectivity index (χ0n) is 4.73. The maximum atomic E-state index is 9.77. The van der Waals surface area contributed by atoms with Crippen LogP contribution in [0.5, 0.6) is 0 Å². The fraction of sp³-hybridized carbons (Fsp3) is 1.00. The molecule has 0 amide bonds.